The first-order valence-electron chi connectivity index (χ1n) is 0. The van der Waals surface area contributed by atoms with Gasteiger partial charge in [-0.1, -0.05) is 0 Å². The molecule has 0 bridgehead atoms. The van der Waals surface area contributed by atoms with Crippen molar-refractivity contribution in [3.63, 3.8) is 0 Å². The molecule has 0 heterocycles. The fraction of sp³-hybridized carbons (Fsp3) is 0. The van der Waals surface area contributed by atoms with Crippen molar-refractivity contribution in [2.45, 2.75) is 0 Å². The van der Waals surface area contributed by atoms with Crippen LogP contribution in [0.5, 0.6) is 0 Å². The van der Waals surface area contributed by atoms with Gasteiger partial charge in [0.2, 0.25) is 0 Å². The molecule has 0 radical (unpaired) electrons. The van der Waals surface area contributed by atoms with Crippen LogP contribution in [-0.2, 0) is 44.1 Å². The van der Waals surface area contributed by atoms with E-state index in [-0.39, 0.29) is 69.9 Å². The van der Waals surface area contributed by atoms with Gasteiger partial charge in [-0.05, 0) is 0 Å². The van der Waals surface area contributed by atoms with Gasteiger partial charge >= 0.3 is 42.9 Å². The average molecular weight is 242 g/mol. The van der Waals surface area contributed by atoms with E-state index in [0.29, 0.717) is 0 Å². The van der Waals surface area contributed by atoms with E-state index >= 15 is 0 Å². The average Bonchev–Trinajstić information content (AvgIpc) is 0. The molecular formula is CuInS2. The van der Waals surface area contributed by atoms with Gasteiger partial charge in [0.15, 0.2) is 0 Å². The summed E-state index contributed by atoms with van der Waals surface area (Å²) in [5.74, 6) is 0. The van der Waals surface area contributed by atoms with E-state index in [2.05, 4.69) is 0 Å². The van der Waals surface area contributed by atoms with E-state index in [0.717, 1.165) is 0 Å². The molecule has 0 N–H and O–H groups in total. The molecule has 0 atom stereocenters. The summed E-state index contributed by atoms with van der Waals surface area (Å²) in [6, 6.07) is 0. The van der Waals surface area contributed by atoms with Crippen LogP contribution in [0.2, 0.25) is 0 Å². The first kappa shape index (κ1) is 36.1. The predicted molar refractivity (Wildman–Crippen MR) is 20.5 cm³/mol. The molecule has 0 aromatic rings. The van der Waals surface area contributed by atoms with Crippen molar-refractivity contribution in [3.8, 4) is 0 Å². The minimum atomic E-state index is 0. The normalized spacial score (nSPS) is 0. The minimum Gasteiger partial charge on any atom is -2.00 e. The zero-order valence-corrected chi connectivity index (χ0v) is 7.57. The second kappa shape index (κ2) is 19.5. The van der Waals surface area contributed by atoms with Crippen molar-refractivity contribution in [2.24, 2.45) is 0 Å². The Balaban J connectivity index is 0. The van der Waals surface area contributed by atoms with Crippen LogP contribution in [0, 0.1) is 0 Å². The first-order valence-corrected chi connectivity index (χ1v) is 0. The quantitative estimate of drug-likeness (QED) is 0.508. The molecule has 4 heteroatoms. The van der Waals surface area contributed by atoms with Gasteiger partial charge < -0.3 is 27.0 Å². The Kier molecular flexibility index (Phi) is 176. The second-order valence-corrected chi connectivity index (χ2v) is 0. The Hall–Kier alpha value is 2.09. The van der Waals surface area contributed by atoms with E-state index in [1.807, 2.05) is 0 Å². The SMILES string of the molecule is [Cu+].[In+3].[S-2].[S-2]. The monoisotopic (exact) mass is 242 g/mol. The van der Waals surface area contributed by atoms with Crippen LogP contribution in [-0.4, -0.2) is 25.8 Å². The second-order valence-electron chi connectivity index (χ2n) is 0. The van der Waals surface area contributed by atoms with Crippen molar-refractivity contribution in [1.29, 1.82) is 0 Å². The maximum absolute atomic E-state index is 0. The van der Waals surface area contributed by atoms with Crippen molar-refractivity contribution < 1.29 is 17.1 Å². The fourth-order valence-corrected chi connectivity index (χ4v) is 0. The standard InChI is InChI=1S/Cu.In.2S/q+1;+3;2*-2. The zero-order chi connectivity index (χ0) is 0. The van der Waals surface area contributed by atoms with E-state index in [4.69, 9.17) is 0 Å². The van der Waals surface area contributed by atoms with Gasteiger partial charge in [0, 0.05) is 0 Å². The summed E-state index contributed by atoms with van der Waals surface area (Å²) in [6.07, 6.45) is 0. The number of hydrogen-bond acceptors (Lipinski definition) is 0. The van der Waals surface area contributed by atoms with Gasteiger partial charge in [0.1, 0.15) is 0 Å². The molecule has 0 aliphatic heterocycles. The van der Waals surface area contributed by atoms with E-state index < -0.39 is 0 Å². The van der Waals surface area contributed by atoms with Crippen LogP contribution in [0.15, 0.2) is 0 Å². The molecule has 0 aliphatic carbocycles. The van der Waals surface area contributed by atoms with Crippen LogP contribution in [0.25, 0.3) is 0 Å². The molecule has 26 valence electrons. The maximum Gasteiger partial charge on any atom is 3.00 e. The van der Waals surface area contributed by atoms with Crippen LogP contribution in [0.4, 0.5) is 0 Å². The Morgan fingerprint density at radius 1 is 0.750 bits per heavy atom. The van der Waals surface area contributed by atoms with E-state index in [1.165, 1.54) is 0 Å². The first-order chi connectivity index (χ1) is 0. The van der Waals surface area contributed by atoms with Gasteiger partial charge in [-0.15, -0.1) is 0 Å². The Morgan fingerprint density at radius 3 is 0.750 bits per heavy atom. The Morgan fingerprint density at radius 2 is 0.750 bits per heavy atom. The molecule has 0 unspecified atom stereocenters. The summed E-state index contributed by atoms with van der Waals surface area (Å²) in [4.78, 5) is 0. The van der Waals surface area contributed by atoms with E-state index in [1.54, 1.807) is 0 Å². The zero-order valence-electron chi connectivity index (χ0n) is 1.70. The van der Waals surface area contributed by atoms with Crippen molar-refractivity contribution in [2.75, 3.05) is 0 Å². The molecule has 4 heavy (non-hydrogen) atoms. The molecule has 0 aromatic heterocycles. The van der Waals surface area contributed by atoms with Crippen molar-refractivity contribution in [3.05, 3.63) is 0 Å². The smallest absolute Gasteiger partial charge is 2.00 e. The summed E-state index contributed by atoms with van der Waals surface area (Å²) in [5, 5.41) is 0. The minimum absolute atomic E-state index is 0. The van der Waals surface area contributed by atoms with Crippen LogP contribution < -0.4 is 0 Å². The third-order valence-electron chi connectivity index (χ3n) is 0. The topological polar surface area (TPSA) is 0 Å². The maximum atomic E-state index is 0. The molecule has 0 rings (SSSR count). The number of hydrogen-bond donors (Lipinski definition) is 0. The Bertz CT molecular complexity index is 6.00. The van der Waals surface area contributed by atoms with E-state index in [9.17, 15) is 0 Å². The summed E-state index contributed by atoms with van der Waals surface area (Å²) >= 11 is 0. The summed E-state index contributed by atoms with van der Waals surface area (Å²) in [6.45, 7) is 0. The molecular weight excluding hydrogens is 242 g/mol. The molecule has 0 aromatic carbocycles. The summed E-state index contributed by atoms with van der Waals surface area (Å²) in [7, 11) is 0. The van der Waals surface area contributed by atoms with Crippen molar-refractivity contribution in [1.82, 2.24) is 0 Å². The molecule has 0 nitrogen and oxygen atoms in total. The van der Waals surface area contributed by atoms with Crippen LogP contribution in [0.3, 0.4) is 0 Å². The molecule has 0 aliphatic rings. The van der Waals surface area contributed by atoms with Gasteiger partial charge in [0.25, 0.3) is 0 Å². The summed E-state index contributed by atoms with van der Waals surface area (Å²) in [5.41, 5.74) is 0. The molecule has 0 amide bonds. The molecule has 0 saturated heterocycles. The predicted octanol–water partition coefficient (Wildman–Crippen LogP) is -0.388. The third-order valence-corrected chi connectivity index (χ3v) is 0. The number of rotatable bonds is 0. The van der Waals surface area contributed by atoms with Gasteiger partial charge in [-0.25, -0.2) is 0 Å². The van der Waals surface area contributed by atoms with Crippen LogP contribution >= 0.6 is 0 Å². The molecule has 0 fully saturated rings. The van der Waals surface area contributed by atoms with Gasteiger partial charge in [0.05, 0.1) is 0 Å². The fourth-order valence-electron chi connectivity index (χ4n) is 0. The van der Waals surface area contributed by atoms with Gasteiger partial charge in [-0.3, -0.25) is 0 Å². The Labute approximate surface area is 69.3 Å². The van der Waals surface area contributed by atoms with Crippen LogP contribution in [0.1, 0.15) is 0 Å². The third kappa shape index (κ3) is 8.94. The largest absolute Gasteiger partial charge is 3.00 e. The van der Waals surface area contributed by atoms with Gasteiger partial charge in [-0.2, -0.15) is 0 Å². The molecule has 0 spiro atoms. The molecule has 0 saturated carbocycles. The van der Waals surface area contributed by atoms with Crippen molar-refractivity contribution >= 4 is 52.8 Å². The summed E-state index contributed by atoms with van der Waals surface area (Å²) < 4.78 is 0.